The van der Waals surface area contributed by atoms with Gasteiger partial charge < -0.3 is 19.9 Å². The van der Waals surface area contributed by atoms with Crippen LogP contribution in [0.4, 0.5) is 4.79 Å². The van der Waals surface area contributed by atoms with E-state index in [1.807, 2.05) is 34.6 Å². The van der Waals surface area contributed by atoms with E-state index in [0.717, 1.165) is 12.8 Å². The molecule has 0 saturated carbocycles. The molecule has 2 unspecified atom stereocenters. The molecule has 0 saturated heterocycles. The fraction of sp³-hybridized carbons (Fsp3) is 0.955. The predicted octanol–water partition coefficient (Wildman–Crippen LogP) is 5.59. The van der Waals surface area contributed by atoms with Crippen LogP contribution in [-0.4, -0.2) is 41.7 Å². The van der Waals surface area contributed by atoms with E-state index in [9.17, 15) is 9.90 Å². The summed E-state index contributed by atoms with van der Waals surface area (Å²) in [6.07, 6.45) is 9.98. The van der Waals surface area contributed by atoms with Crippen LogP contribution in [0.5, 0.6) is 0 Å². The molecule has 0 spiro atoms. The molecule has 162 valence electrons. The van der Waals surface area contributed by atoms with Gasteiger partial charge in [-0.3, -0.25) is 0 Å². The van der Waals surface area contributed by atoms with Gasteiger partial charge in [0.05, 0.1) is 12.1 Å². The maximum Gasteiger partial charge on any atom is 0.407 e. The second-order valence-corrected chi connectivity index (χ2v) is 8.41. The van der Waals surface area contributed by atoms with Crippen LogP contribution in [0, 0.1) is 0 Å². The zero-order valence-electron chi connectivity index (χ0n) is 18.7. The highest BCUT2D eigenvalue weighted by Crippen LogP contribution is 2.17. The maximum absolute atomic E-state index is 12.0. The molecule has 0 aromatic heterocycles. The number of alkyl carbamates (subject to hydrolysis) is 1. The Morgan fingerprint density at radius 1 is 0.963 bits per heavy atom. The Hall–Kier alpha value is -0.810. The average Bonchev–Trinajstić information content (AvgIpc) is 2.58. The van der Waals surface area contributed by atoms with Gasteiger partial charge in [0.15, 0.2) is 0 Å². The number of hydrogen-bond acceptors (Lipinski definition) is 4. The number of aliphatic hydroxyl groups is 1. The summed E-state index contributed by atoms with van der Waals surface area (Å²) in [5, 5.41) is 13.6. The highest BCUT2D eigenvalue weighted by Gasteiger charge is 2.29. The first-order valence-electron chi connectivity index (χ1n) is 11.0. The number of hydrogen-bond donors (Lipinski definition) is 2. The standard InChI is InChI=1S/C22H45NO4/c1-7-10-11-12-13-14-15-16-17-19(26-9-3)20(24)18(8-2)23-21(25)27-22(4,5)6/h18-20,24H,7-17H2,1-6H3,(H,23,25)/t18?,19-,20?/m0/s1. The molecule has 0 aromatic carbocycles. The number of aliphatic hydroxyl groups excluding tert-OH is 1. The number of unbranched alkanes of at least 4 members (excludes halogenated alkanes) is 7. The monoisotopic (exact) mass is 387 g/mol. The minimum Gasteiger partial charge on any atom is -0.444 e. The molecular formula is C22H45NO4. The van der Waals surface area contributed by atoms with Gasteiger partial charge in [0, 0.05) is 6.61 Å². The lowest BCUT2D eigenvalue weighted by atomic mass is 9.97. The number of carbonyl (C=O) groups excluding carboxylic acids is 1. The van der Waals surface area contributed by atoms with Crippen LogP contribution in [0.1, 0.15) is 106 Å². The average molecular weight is 388 g/mol. The number of carbonyl (C=O) groups is 1. The van der Waals surface area contributed by atoms with Gasteiger partial charge in [-0.15, -0.1) is 0 Å². The molecule has 0 fully saturated rings. The van der Waals surface area contributed by atoms with Crippen LogP contribution >= 0.6 is 0 Å². The minimum atomic E-state index is -0.730. The first-order valence-corrected chi connectivity index (χ1v) is 11.0. The van der Waals surface area contributed by atoms with Gasteiger partial charge in [-0.2, -0.15) is 0 Å². The van der Waals surface area contributed by atoms with Crippen molar-refractivity contribution in [2.75, 3.05) is 6.61 Å². The van der Waals surface area contributed by atoms with Crippen molar-refractivity contribution < 1.29 is 19.4 Å². The van der Waals surface area contributed by atoms with E-state index >= 15 is 0 Å². The summed E-state index contributed by atoms with van der Waals surface area (Å²) in [6, 6.07) is -0.370. The van der Waals surface area contributed by atoms with E-state index in [1.54, 1.807) is 0 Å². The lowest BCUT2D eigenvalue weighted by Crippen LogP contribution is -2.50. The molecule has 5 nitrogen and oxygen atoms in total. The van der Waals surface area contributed by atoms with Crippen molar-refractivity contribution in [3.8, 4) is 0 Å². The molecular weight excluding hydrogens is 342 g/mol. The van der Waals surface area contributed by atoms with Crippen molar-refractivity contribution in [2.24, 2.45) is 0 Å². The van der Waals surface area contributed by atoms with E-state index in [1.165, 1.54) is 44.9 Å². The molecule has 3 atom stereocenters. The minimum absolute atomic E-state index is 0.255. The third-order valence-electron chi connectivity index (χ3n) is 4.66. The van der Waals surface area contributed by atoms with E-state index in [2.05, 4.69) is 12.2 Å². The molecule has 1 amide bonds. The third-order valence-corrected chi connectivity index (χ3v) is 4.66. The molecule has 0 bridgehead atoms. The Labute approximate surface area is 167 Å². The largest absolute Gasteiger partial charge is 0.444 e. The normalized spacial score (nSPS) is 15.2. The van der Waals surface area contributed by atoms with Crippen molar-refractivity contribution in [3.63, 3.8) is 0 Å². The first-order chi connectivity index (χ1) is 12.7. The smallest absolute Gasteiger partial charge is 0.407 e. The Morgan fingerprint density at radius 2 is 1.52 bits per heavy atom. The van der Waals surface area contributed by atoms with E-state index in [-0.39, 0.29) is 12.1 Å². The zero-order valence-corrected chi connectivity index (χ0v) is 18.7. The zero-order chi connectivity index (χ0) is 20.7. The van der Waals surface area contributed by atoms with E-state index < -0.39 is 17.8 Å². The van der Waals surface area contributed by atoms with Gasteiger partial charge in [-0.25, -0.2) is 4.79 Å². The third kappa shape index (κ3) is 13.9. The maximum atomic E-state index is 12.0. The van der Waals surface area contributed by atoms with Gasteiger partial charge in [-0.1, -0.05) is 65.2 Å². The first kappa shape index (κ1) is 26.2. The summed E-state index contributed by atoms with van der Waals surface area (Å²) in [6.45, 7) is 12.2. The van der Waals surface area contributed by atoms with Gasteiger partial charge >= 0.3 is 6.09 Å². The molecule has 0 aliphatic heterocycles. The molecule has 0 aromatic rings. The number of nitrogens with one attached hydrogen (secondary N) is 1. The molecule has 0 aliphatic rings. The predicted molar refractivity (Wildman–Crippen MR) is 112 cm³/mol. The van der Waals surface area contributed by atoms with Gasteiger partial charge in [-0.05, 0) is 40.5 Å². The fourth-order valence-corrected chi connectivity index (χ4v) is 3.19. The van der Waals surface area contributed by atoms with E-state index in [4.69, 9.17) is 9.47 Å². The topological polar surface area (TPSA) is 67.8 Å². The molecule has 2 N–H and O–H groups in total. The summed E-state index contributed by atoms with van der Waals surface area (Å²) in [4.78, 5) is 12.0. The lowest BCUT2D eigenvalue weighted by Gasteiger charge is -2.30. The molecule has 0 radical (unpaired) electrons. The van der Waals surface area contributed by atoms with Crippen molar-refractivity contribution in [1.82, 2.24) is 5.32 Å². The highest BCUT2D eigenvalue weighted by molar-refractivity contribution is 5.68. The summed E-state index contributed by atoms with van der Waals surface area (Å²) in [5.74, 6) is 0. The second-order valence-electron chi connectivity index (χ2n) is 8.41. The van der Waals surface area contributed by atoms with Crippen LogP contribution in [0.2, 0.25) is 0 Å². The number of ether oxygens (including phenoxy) is 2. The van der Waals surface area contributed by atoms with Crippen LogP contribution in [0.15, 0.2) is 0 Å². The Balaban J connectivity index is 4.35. The molecule has 0 rings (SSSR count). The Kier molecular flexibility index (Phi) is 14.7. The van der Waals surface area contributed by atoms with Crippen LogP contribution in [0.25, 0.3) is 0 Å². The second kappa shape index (κ2) is 15.2. The van der Waals surface area contributed by atoms with Crippen LogP contribution in [-0.2, 0) is 9.47 Å². The summed E-state index contributed by atoms with van der Waals surface area (Å²) < 4.78 is 11.1. The molecule has 27 heavy (non-hydrogen) atoms. The molecule has 5 heteroatoms. The lowest BCUT2D eigenvalue weighted by molar-refractivity contribution is -0.0544. The fourth-order valence-electron chi connectivity index (χ4n) is 3.19. The van der Waals surface area contributed by atoms with Gasteiger partial charge in [0.1, 0.15) is 11.7 Å². The van der Waals surface area contributed by atoms with Gasteiger partial charge in [0.25, 0.3) is 0 Å². The van der Waals surface area contributed by atoms with Crippen molar-refractivity contribution in [3.05, 3.63) is 0 Å². The van der Waals surface area contributed by atoms with Crippen molar-refractivity contribution >= 4 is 6.09 Å². The Bertz CT molecular complexity index is 368. The SMILES string of the molecule is CCCCCCCCCC[C@H](OCC)C(O)C(CC)NC(=O)OC(C)(C)C. The summed E-state index contributed by atoms with van der Waals surface area (Å²) in [5.41, 5.74) is -0.552. The Morgan fingerprint density at radius 3 is 2.00 bits per heavy atom. The number of rotatable bonds is 15. The molecule has 0 aliphatic carbocycles. The molecule has 0 heterocycles. The van der Waals surface area contributed by atoms with Gasteiger partial charge in [0.2, 0.25) is 0 Å². The number of amides is 1. The van der Waals surface area contributed by atoms with E-state index in [0.29, 0.717) is 13.0 Å². The van der Waals surface area contributed by atoms with Crippen LogP contribution in [0.3, 0.4) is 0 Å². The van der Waals surface area contributed by atoms with Crippen molar-refractivity contribution in [2.45, 2.75) is 130 Å². The van der Waals surface area contributed by atoms with Crippen LogP contribution < -0.4 is 5.32 Å². The summed E-state index contributed by atoms with van der Waals surface area (Å²) in [7, 11) is 0. The quantitative estimate of drug-likeness (QED) is 0.360. The summed E-state index contributed by atoms with van der Waals surface area (Å²) >= 11 is 0. The highest BCUT2D eigenvalue weighted by atomic mass is 16.6. The van der Waals surface area contributed by atoms with Crippen molar-refractivity contribution in [1.29, 1.82) is 0 Å².